The van der Waals surface area contributed by atoms with Gasteiger partial charge in [-0.05, 0) is 31.4 Å². The summed E-state index contributed by atoms with van der Waals surface area (Å²) in [6, 6.07) is 0.370. The second-order valence-electron chi connectivity index (χ2n) is 4.03. The number of rotatable bonds is 2. The van der Waals surface area contributed by atoms with Crippen molar-refractivity contribution in [1.29, 1.82) is 0 Å². The lowest BCUT2D eigenvalue weighted by Crippen LogP contribution is -2.44. The van der Waals surface area contributed by atoms with Crippen LogP contribution in [0.3, 0.4) is 0 Å². The van der Waals surface area contributed by atoms with Crippen LogP contribution in [-0.2, 0) is 0 Å². The van der Waals surface area contributed by atoms with Crippen LogP contribution < -0.4 is 5.73 Å². The van der Waals surface area contributed by atoms with E-state index in [0.29, 0.717) is 16.7 Å². The fraction of sp³-hybridized carbons (Fsp3) is 1.00. The summed E-state index contributed by atoms with van der Waals surface area (Å²) >= 11 is 2.06. The first-order valence-electron chi connectivity index (χ1n) is 4.46. The van der Waals surface area contributed by atoms with Gasteiger partial charge in [0.25, 0.3) is 0 Å². The monoisotopic (exact) mass is 173 g/mol. The smallest absolute Gasteiger partial charge is 0.0285 e. The molecule has 66 valence electrons. The number of hydrogen-bond donors (Lipinski definition) is 1. The normalized spacial score (nSPS) is 34.6. The zero-order chi connectivity index (χ0) is 8.48. The van der Waals surface area contributed by atoms with Crippen molar-refractivity contribution in [2.75, 3.05) is 5.75 Å². The molecule has 0 radical (unpaired) electrons. The number of hydrogen-bond acceptors (Lipinski definition) is 2. The lowest BCUT2D eigenvalue weighted by molar-refractivity contribution is 0.389. The molecule has 0 aromatic heterocycles. The van der Waals surface area contributed by atoms with Crippen LogP contribution in [0.15, 0.2) is 0 Å². The molecule has 1 saturated heterocycles. The zero-order valence-corrected chi connectivity index (χ0v) is 8.58. The SMILES string of the molecule is CC(C)C(N)C1(C)CCCS1. The van der Waals surface area contributed by atoms with Crippen molar-refractivity contribution < 1.29 is 0 Å². The van der Waals surface area contributed by atoms with Crippen LogP contribution in [0.1, 0.15) is 33.6 Å². The van der Waals surface area contributed by atoms with Gasteiger partial charge in [-0.2, -0.15) is 11.8 Å². The lowest BCUT2D eigenvalue weighted by atomic mass is 9.89. The molecule has 1 aliphatic heterocycles. The van der Waals surface area contributed by atoms with E-state index in [1.807, 2.05) is 0 Å². The highest BCUT2D eigenvalue weighted by Crippen LogP contribution is 2.41. The Bertz CT molecular complexity index is 128. The van der Waals surface area contributed by atoms with Gasteiger partial charge in [0.1, 0.15) is 0 Å². The van der Waals surface area contributed by atoms with Gasteiger partial charge in [-0.15, -0.1) is 0 Å². The summed E-state index contributed by atoms with van der Waals surface area (Å²) in [7, 11) is 0. The Morgan fingerprint density at radius 3 is 2.45 bits per heavy atom. The van der Waals surface area contributed by atoms with Crippen molar-refractivity contribution in [3.63, 3.8) is 0 Å². The van der Waals surface area contributed by atoms with Crippen LogP contribution in [-0.4, -0.2) is 16.5 Å². The maximum absolute atomic E-state index is 6.14. The van der Waals surface area contributed by atoms with Gasteiger partial charge in [-0.3, -0.25) is 0 Å². The molecule has 2 heteroatoms. The van der Waals surface area contributed by atoms with Gasteiger partial charge >= 0.3 is 0 Å². The fourth-order valence-electron chi connectivity index (χ4n) is 1.77. The third-order valence-electron chi connectivity index (χ3n) is 2.67. The van der Waals surface area contributed by atoms with Gasteiger partial charge in [-0.25, -0.2) is 0 Å². The van der Waals surface area contributed by atoms with Gasteiger partial charge in [0.15, 0.2) is 0 Å². The van der Waals surface area contributed by atoms with Gasteiger partial charge in [0, 0.05) is 10.8 Å². The first kappa shape index (κ1) is 9.40. The molecule has 1 rings (SSSR count). The van der Waals surface area contributed by atoms with Crippen molar-refractivity contribution in [2.24, 2.45) is 11.7 Å². The van der Waals surface area contributed by atoms with E-state index in [1.54, 1.807) is 0 Å². The van der Waals surface area contributed by atoms with Crippen LogP contribution >= 0.6 is 11.8 Å². The molecule has 1 aliphatic rings. The molecular formula is C9H19NS. The van der Waals surface area contributed by atoms with E-state index in [1.165, 1.54) is 18.6 Å². The molecule has 0 amide bonds. The minimum atomic E-state index is 0.369. The molecule has 0 aliphatic carbocycles. The molecule has 0 spiro atoms. The van der Waals surface area contributed by atoms with Crippen LogP contribution in [0, 0.1) is 5.92 Å². The first-order chi connectivity index (χ1) is 5.06. The van der Waals surface area contributed by atoms with Crippen LogP contribution in [0.25, 0.3) is 0 Å². The van der Waals surface area contributed by atoms with Crippen molar-refractivity contribution >= 4 is 11.8 Å². The van der Waals surface area contributed by atoms with Crippen molar-refractivity contribution in [2.45, 2.75) is 44.4 Å². The number of nitrogens with two attached hydrogens (primary N) is 1. The second-order valence-corrected chi connectivity index (χ2v) is 5.66. The van der Waals surface area contributed by atoms with E-state index in [0.717, 1.165) is 0 Å². The van der Waals surface area contributed by atoms with Crippen molar-refractivity contribution in [3.8, 4) is 0 Å². The molecule has 0 saturated carbocycles. The third kappa shape index (κ3) is 1.91. The molecular weight excluding hydrogens is 154 g/mol. The van der Waals surface area contributed by atoms with Crippen LogP contribution in [0.4, 0.5) is 0 Å². The van der Waals surface area contributed by atoms with Crippen molar-refractivity contribution in [1.82, 2.24) is 0 Å². The minimum absolute atomic E-state index is 0.369. The van der Waals surface area contributed by atoms with E-state index >= 15 is 0 Å². The molecule has 2 unspecified atom stereocenters. The molecule has 0 bridgehead atoms. The Balaban J connectivity index is 2.56. The summed E-state index contributed by atoms with van der Waals surface area (Å²) < 4.78 is 0.369. The summed E-state index contributed by atoms with van der Waals surface area (Å²) in [5.41, 5.74) is 6.14. The van der Waals surface area contributed by atoms with E-state index in [4.69, 9.17) is 5.73 Å². The predicted octanol–water partition coefficient (Wildman–Crippen LogP) is 2.26. The Morgan fingerprint density at radius 2 is 2.09 bits per heavy atom. The average molecular weight is 173 g/mol. The van der Waals surface area contributed by atoms with Crippen LogP contribution in [0.2, 0.25) is 0 Å². The quantitative estimate of drug-likeness (QED) is 0.693. The standard InChI is InChI=1S/C9H19NS/c1-7(2)8(10)9(3)5-4-6-11-9/h7-8H,4-6,10H2,1-3H3. The van der Waals surface area contributed by atoms with Gasteiger partial charge < -0.3 is 5.73 Å². The summed E-state index contributed by atoms with van der Waals surface area (Å²) in [5.74, 6) is 1.92. The highest BCUT2D eigenvalue weighted by Gasteiger charge is 2.36. The molecule has 1 heterocycles. The highest BCUT2D eigenvalue weighted by atomic mass is 32.2. The fourth-order valence-corrected chi connectivity index (χ4v) is 3.28. The second kappa shape index (κ2) is 3.36. The number of thioether (sulfide) groups is 1. The van der Waals surface area contributed by atoms with Gasteiger partial charge in [-0.1, -0.05) is 13.8 Å². The molecule has 1 nitrogen and oxygen atoms in total. The maximum Gasteiger partial charge on any atom is 0.0285 e. The molecule has 0 aromatic carbocycles. The molecule has 11 heavy (non-hydrogen) atoms. The van der Waals surface area contributed by atoms with E-state index in [2.05, 4.69) is 32.5 Å². The van der Waals surface area contributed by atoms with Gasteiger partial charge in [0.05, 0.1) is 0 Å². The first-order valence-corrected chi connectivity index (χ1v) is 5.44. The molecule has 2 N–H and O–H groups in total. The molecule has 2 atom stereocenters. The Labute approximate surface area is 74.1 Å². The van der Waals surface area contributed by atoms with E-state index in [9.17, 15) is 0 Å². The summed E-state index contributed by atoms with van der Waals surface area (Å²) in [5, 5.41) is 0. The summed E-state index contributed by atoms with van der Waals surface area (Å²) in [4.78, 5) is 0. The Kier molecular flexibility index (Phi) is 2.87. The zero-order valence-electron chi connectivity index (χ0n) is 7.76. The van der Waals surface area contributed by atoms with Crippen LogP contribution in [0.5, 0.6) is 0 Å². The largest absolute Gasteiger partial charge is 0.326 e. The van der Waals surface area contributed by atoms with Gasteiger partial charge in [0.2, 0.25) is 0 Å². The minimum Gasteiger partial charge on any atom is -0.326 e. The predicted molar refractivity (Wildman–Crippen MR) is 52.9 cm³/mol. The summed E-state index contributed by atoms with van der Waals surface area (Å²) in [6.07, 6.45) is 2.65. The maximum atomic E-state index is 6.14. The lowest BCUT2D eigenvalue weighted by Gasteiger charge is -2.33. The Morgan fingerprint density at radius 1 is 1.45 bits per heavy atom. The highest BCUT2D eigenvalue weighted by molar-refractivity contribution is 8.00. The van der Waals surface area contributed by atoms with E-state index < -0.39 is 0 Å². The molecule has 0 aromatic rings. The molecule has 1 fully saturated rings. The van der Waals surface area contributed by atoms with Crippen molar-refractivity contribution in [3.05, 3.63) is 0 Å². The van der Waals surface area contributed by atoms with E-state index in [-0.39, 0.29) is 0 Å². The average Bonchev–Trinajstić information content (AvgIpc) is 2.35. The third-order valence-corrected chi connectivity index (χ3v) is 4.30. The summed E-state index contributed by atoms with van der Waals surface area (Å²) in [6.45, 7) is 6.75. The Hall–Kier alpha value is 0.310. The topological polar surface area (TPSA) is 26.0 Å².